The number of hydrogen-bond donors (Lipinski definition) is 2. The van der Waals surface area contributed by atoms with Gasteiger partial charge in [0, 0.05) is 28.8 Å². The average molecular weight is 433 g/mol. The maximum atomic E-state index is 12.2. The van der Waals surface area contributed by atoms with Crippen molar-refractivity contribution in [2.75, 3.05) is 11.9 Å². The fraction of sp³-hybridized carbons (Fsp3) is 0.409. The Morgan fingerprint density at radius 2 is 1.79 bits per heavy atom. The van der Waals surface area contributed by atoms with Crippen molar-refractivity contribution < 1.29 is 13.2 Å². The first-order valence-electron chi connectivity index (χ1n) is 10.1. The van der Waals surface area contributed by atoms with E-state index in [9.17, 15) is 13.2 Å². The van der Waals surface area contributed by atoms with Gasteiger partial charge in [-0.1, -0.05) is 37.5 Å². The summed E-state index contributed by atoms with van der Waals surface area (Å²) < 4.78 is 26.8. The summed E-state index contributed by atoms with van der Waals surface area (Å²) in [6.07, 6.45) is 6.62. The molecule has 0 radical (unpaired) electrons. The van der Waals surface area contributed by atoms with Crippen LogP contribution in [0.5, 0.6) is 0 Å². The van der Waals surface area contributed by atoms with Crippen LogP contribution >= 0.6 is 11.8 Å². The number of carbonyl (C=O) groups is 1. The molecule has 2 aromatic rings. The van der Waals surface area contributed by atoms with Crippen LogP contribution in [0.2, 0.25) is 0 Å². The van der Waals surface area contributed by atoms with Crippen molar-refractivity contribution in [2.45, 2.75) is 60.5 Å². The van der Waals surface area contributed by atoms with Crippen molar-refractivity contribution in [3.05, 3.63) is 54.1 Å². The molecule has 2 N–H and O–H groups in total. The maximum absolute atomic E-state index is 12.2. The van der Waals surface area contributed by atoms with Crippen LogP contribution in [0.3, 0.4) is 0 Å². The Morgan fingerprint density at radius 1 is 1.07 bits per heavy atom. The Balaban J connectivity index is 1.48. The molecule has 0 unspecified atom stereocenters. The maximum Gasteiger partial charge on any atom is 0.240 e. The van der Waals surface area contributed by atoms with Gasteiger partial charge in [-0.15, -0.1) is 11.8 Å². The number of aryl methyl sites for hydroxylation is 1. The van der Waals surface area contributed by atoms with Crippen LogP contribution in [0, 0.1) is 6.92 Å². The smallest absolute Gasteiger partial charge is 0.240 e. The van der Waals surface area contributed by atoms with Crippen molar-refractivity contribution in [2.24, 2.45) is 0 Å². The Morgan fingerprint density at radius 3 is 2.48 bits per heavy atom. The zero-order valence-corrected chi connectivity index (χ0v) is 18.3. The second-order valence-electron chi connectivity index (χ2n) is 7.36. The number of benzene rings is 2. The number of amides is 1. The molecule has 0 spiro atoms. The highest BCUT2D eigenvalue weighted by atomic mass is 32.2. The first-order chi connectivity index (χ1) is 13.9. The van der Waals surface area contributed by atoms with Gasteiger partial charge >= 0.3 is 0 Å². The van der Waals surface area contributed by atoms with E-state index < -0.39 is 10.0 Å². The highest BCUT2D eigenvalue weighted by Gasteiger charge is 2.16. The van der Waals surface area contributed by atoms with Crippen molar-refractivity contribution in [1.29, 1.82) is 0 Å². The molecule has 0 saturated heterocycles. The first kappa shape index (κ1) is 21.9. The summed E-state index contributed by atoms with van der Waals surface area (Å²) in [5, 5.41) is 3.58. The van der Waals surface area contributed by atoms with Crippen LogP contribution in [0.1, 0.15) is 44.1 Å². The van der Waals surface area contributed by atoms with E-state index in [0.29, 0.717) is 5.25 Å². The molecule has 1 aliphatic rings. The third kappa shape index (κ3) is 6.59. The van der Waals surface area contributed by atoms with Gasteiger partial charge in [-0.2, -0.15) is 0 Å². The van der Waals surface area contributed by atoms with Crippen molar-refractivity contribution in [3.63, 3.8) is 0 Å². The van der Waals surface area contributed by atoms with Crippen LogP contribution in [0.25, 0.3) is 0 Å². The molecule has 5 nitrogen and oxygen atoms in total. The summed E-state index contributed by atoms with van der Waals surface area (Å²) in [5.41, 5.74) is 1.79. The predicted octanol–water partition coefficient (Wildman–Crippen LogP) is 4.73. The monoisotopic (exact) mass is 432 g/mol. The van der Waals surface area contributed by atoms with E-state index in [1.807, 2.05) is 24.8 Å². The second kappa shape index (κ2) is 10.3. The summed E-state index contributed by atoms with van der Waals surface area (Å²) in [6, 6.07) is 14.3. The van der Waals surface area contributed by atoms with Gasteiger partial charge in [0.25, 0.3) is 0 Å². The Labute approximate surface area is 177 Å². The van der Waals surface area contributed by atoms with E-state index in [-0.39, 0.29) is 23.8 Å². The molecular formula is C22H28N2O3S2. The van der Waals surface area contributed by atoms with E-state index in [2.05, 4.69) is 22.2 Å². The van der Waals surface area contributed by atoms with E-state index in [1.54, 1.807) is 18.2 Å². The van der Waals surface area contributed by atoms with Gasteiger partial charge in [0.1, 0.15) is 0 Å². The number of anilines is 1. The van der Waals surface area contributed by atoms with Gasteiger partial charge in [0.15, 0.2) is 0 Å². The first-order valence-corrected chi connectivity index (χ1v) is 12.4. The molecule has 1 amide bonds. The van der Waals surface area contributed by atoms with Crippen LogP contribution < -0.4 is 10.0 Å². The lowest BCUT2D eigenvalue weighted by Crippen LogP contribution is -2.27. The molecule has 1 saturated carbocycles. The molecule has 1 fully saturated rings. The lowest BCUT2D eigenvalue weighted by atomic mass is 10.0. The lowest BCUT2D eigenvalue weighted by Gasteiger charge is -2.21. The molecule has 0 aliphatic heterocycles. The molecule has 0 aromatic heterocycles. The van der Waals surface area contributed by atoms with Crippen molar-refractivity contribution >= 4 is 33.4 Å². The largest absolute Gasteiger partial charge is 0.326 e. The topological polar surface area (TPSA) is 75.3 Å². The highest BCUT2D eigenvalue weighted by molar-refractivity contribution is 8.00. The third-order valence-electron chi connectivity index (χ3n) is 5.02. The van der Waals surface area contributed by atoms with E-state index >= 15 is 0 Å². The van der Waals surface area contributed by atoms with E-state index in [1.165, 1.54) is 49.1 Å². The number of hydrogen-bond acceptors (Lipinski definition) is 4. The minimum absolute atomic E-state index is 0.0533. The standard InChI is InChI=1S/C22H28N2O3S2/c1-17-16-19(28-18-8-4-2-5-9-18)12-13-21(17)24-22(25)14-15-23-29(26,27)20-10-6-3-7-11-20/h3,6-7,10-13,16,18,23H,2,4-5,8-9,14-15H2,1H3,(H,24,25). The average Bonchev–Trinajstić information content (AvgIpc) is 2.71. The van der Waals surface area contributed by atoms with Crippen molar-refractivity contribution in [3.8, 4) is 0 Å². The highest BCUT2D eigenvalue weighted by Crippen LogP contribution is 2.34. The minimum atomic E-state index is -3.59. The molecule has 0 bridgehead atoms. The zero-order chi connectivity index (χ0) is 20.7. The number of rotatable bonds is 8. The van der Waals surface area contributed by atoms with Crippen LogP contribution in [-0.2, 0) is 14.8 Å². The Hall–Kier alpha value is -1.83. The molecular weight excluding hydrogens is 404 g/mol. The van der Waals surface area contributed by atoms with E-state index in [0.717, 1.165) is 11.3 Å². The molecule has 7 heteroatoms. The molecule has 156 valence electrons. The second-order valence-corrected chi connectivity index (χ2v) is 10.5. The number of sulfonamides is 1. The predicted molar refractivity (Wildman–Crippen MR) is 119 cm³/mol. The Bertz CT molecular complexity index is 924. The lowest BCUT2D eigenvalue weighted by molar-refractivity contribution is -0.116. The molecule has 3 rings (SSSR count). The summed E-state index contributed by atoms with van der Waals surface area (Å²) in [4.78, 5) is 13.7. The van der Waals surface area contributed by atoms with Crippen molar-refractivity contribution in [1.82, 2.24) is 4.72 Å². The molecule has 0 atom stereocenters. The number of carbonyl (C=O) groups excluding carboxylic acids is 1. The number of nitrogens with one attached hydrogen (secondary N) is 2. The molecule has 1 aliphatic carbocycles. The summed E-state index contributed by atoms with van der Waals surface area (Å²) in [6.45, 7) is 2.04. The third-order valence-corrected chi connectivity index (χ3v) is 7.83. The van der Waals surface area contributed by atoms with Crippen LogP contribution in [0.15, 0.2) is 58.3 Å². The van der Waals surface area contributed by atoms with Gasteiger partial charge in [-0.25, -0.2) is 13.1 Å². The van der Waals surface area contributed by atoms with Crippen LogP contribution in [-0.4, -0.2) is 26.1 Å². The summed E-state index contributed by atoms with van der Waals surface area (Å²) in [5.74, 6) is -0.212. The quantitative estimate of drug-likeness (QED) is 0.632. The van der Waals surface area contributed by atoms with Gasteiger partial charge in [0.05, 0.1) is 4.90 Å². The minimum Gasteiger partial charge on any atom is -0.326 e. The Kier molecular flexibility index (Phi) is 7.75. The molecule has 29 heavy (non-hydrogen) atoms. The van der Waals surface area contributed by atoms with Crippen LogP contribution in [0.4, 0.5) is 5.69 Å². The molecule has 2 aromatic carbocycles. The molecule has 0 heterocycles. The normalized spacial score (nSPS) is 15.2. The SMILES string of the molecule is Cc1cc(SC2CCCCC2)ccc1NC(=O)CCNS(=O)(=O)c1ccccc1. The van der Waals surface area contributed by atoms with Gasteiger partial charge < -0.3 is 5.32 Å². The van der Waals surface area contributed by atoms with E-state index in [4.69, 9.17) is 0 Å². The summed E-state index contributed by atoms with van der Waals surface area (Å²) >= 11 is 1.93. The van der Waals surface area contributed by atoms with Gasteiger partial charge in [0.2, 0.25) is 15.9 Å². The fourth-order valence-electron chi connectivity index (χ4n) is 3.42. The summed E-state index contributed by atoms with van der Waals surface area (Å²) in [7, 11) is -3.59. The zero-order valence-electron chi connectivity index (χ0n) is 16.7. The van der Waals surface area contributed by atoms with Gasteiger partial charge in [-0.3, -0.25) is 4.79 Å². The van der Waals surface area contributed by atoms with Gasteiger partial charge in [-0.05, 0) is 55.7 Å². The number of thioether (sulfide) groups is 1. The fourth-order valence-corrected chi connectivity index (χ4v) is 5.82.